The van der Waals surface area contributed by atoms with Crippen molar-refractivity contribution in [3.05, 3.63) is 74.8 Å². The van der Waals surface area contributed by atoms with Crippen LogP contribution in [0.4, 0.5) is 0 Å². The molecule has 156 valence electrons. The summed E-state index contributed by atoms with van der Waals surface area (Å²) in [6.45, 7) is 4.29. The molecular weight excluding hydrogens is 386 g/mol. The lowest BCUT2D eigenvalue weighted by atomic mass is 9.80. The molecule has 0 N–H and O–H groups in total. The third-order valence-electron chi connectivity index (χ3n) is 5.35. The topological polar surface area (TPSA) is 101 Å². The zero-order valence-electron chi connectivity index (χ0n) is 16.9. The first-order valence-corrected chi connectivity index (χ1v) is 9.93. The number of hydrogen-bond acceptors (Lipinski definition) is 6. The molecule has 30 heavy (non-hydrogen) atoms. The van der Waals surface area contributed by atoms with E-state index in [0.29, 0.717) is 19.4 Å². The first-order chi connectivity index (χ1) is 14.5. The molecule has 1 aliphatic carbocycles. The molecule has 0 aliphatic heterocycles. The van der Waals surface area contributed by atoms with Gasteiger partial charge in [-0.05, 0) is 38.3 Å². The van der Waals surface area contributed by atoms with Gasteiger partial charge in [0.05, 0.1) is 19.1 Å². The lowest BCUT2D eigenvalue weighted by Gasteiger charge is -2.34. The van der Waals surface area contributed by atoms with Crippen LogP contribution in [-0.4, -0.2) is 36.5 Å². The Balaban J connectivity index is 1.72. The molecule has 0 radical (unpaired) electrons. The summed E-state index contributed by atoms with van der Waals surface area (Å²) in [5.74, 6) is -0.423. The predicted octanol–water partition coefficient (Wildman–Crippen LogP) is 1.46. The first kappa shape index (κ1) is 19.8. The molecule has 9 nitrogen and oxygen atoms in total. The van der Waals surface area contributed by atoms with Crippen LogP contribution in [0.15, 0.2) is 52.3 Å². The lowest BCUT2D eigenvalue weighted by molar-refractivity contribution is -0.152. The molecule has 4 rings (SSSR count). The zero-order valence-corrected chi connectivity index (χ0v) is 16.9. The van der Waals surface area contributed by atoms with Gasteiger partial charge in [-0.15, -0.1) is 0 Å². The smallest absolute Gasteiger partial charge is 0.355 e. The summed E-state index contributed by atoms with van der Waals surface area (Å²) in [5, 5.41) is 4.13. The minimum absolute atomic E-state index is 0.160. The summed E-state index contributed by atoms with van der Waals surface area (Å²) >= 11 is 0. The normalized spacial score (nSPS) is 18.1. The van der Waals surface area contributed by atoms with Gasteiger partial charge in [0.25, 0.3) is 0 Å². The standard InChI is InChI=1S/C21H23N5O4/c1-3-30-18(27)16-11-17(12-16)26-20(28)23-19(25-10-4-9-22-25)24(21(26)29)13-15-7-5-14(2)6-8-15/h4-10,16-17H,3,11-13H2,1-2H3. The van der Waals surface area contributed by atoms with Crippen molar-refractivity contribution < 1.29 is 9.53 Å². The highest BCUT2D eigenvalue weighted by molar-refractivity contribution is 5.73. The monoisotopic (exact) mass is 409 g/mol. The van der Waals surface area contributed by atoms with Crippen LogP contribution in [0.2, 0.25) is 0 Å². The number of carbonyl (C=O) groups is 1. The van der Waals surface area contributed by atoms with Crippen molar-refractivity contribution in [1.29, 1.82) is 0 Å². The number of hydrogen-bond donors (Lipinski definition) is 0. The largest absolute Gasteiger partial charge is 0.466 e. The number of esters is 1. The molecule has 0 atom stereocenters. The molecule has 2 heterocycles. The Bertz CT molecular complexity index is 1160. The van der Waals surface area contributed by atoms with E-state index in [1.54, 1.807) is 25.4 Å². The first-order valence-electron chi connectivity index (χ1n) is 9.93. The van der Waals surface area contributed by atoms with Gasteiger partial charge in [0.2, 0.25) is 5.95 Å². The Hall–Kier alpha value is -3.49. The van der Waals surface area contributed by atoms with Gasteiger partial charge in [0.1, 0.15) is 0 Å². The molecule has 9 heteroatoms. The quantitative estimate of drug-likeness (QED) is 0.572. The van der Waals surface area contributed by atoms with Crippen LogP contribution in [0.25, 0.3) is 5.95 Å². The van der Waals surface area contributed by atoms with Gasteiger partial charge in [-0.1, -0.05) is 29.8 Å². The molecule has 3 aromatic rings. The van der Waals surface area contributed by atoms with Gasteiger partial charge < -0.3 is 4.74 Å². The molecule has 0 amide bonds. The van der Waals surface area contributed by atoms with E-state index in [4.69, 9.17) is 4.74 Å². The van der Waals surface area contributed by atoms with E-state index in [1.807, 2.05) is 31.2 Å². The van der Waals surface area contributed by atoms with E-state index in [2.05, 4.69) is 10.1 Å². The maximum atomic E-state index is 13.3. The molecule has 1 aromatic carbocycles. The van der Waals surface area contributed by atoms with Gasteiger partial charge in [-0.2, -0.15) is 10.1 Å². The second-order valence-electron chi connectivity index (χ2n) is 7.44. The fourth-order valence-corrected chi connectivity index (χ4v) is 3.64. The third-order valence-corrected chi connectivity index (χ3v) is 5.35. The Morgan fingerprint density at radius 1 is 1.20 bits per heavy atom. The van der Waals surface area contributed by atoms with Crippen molar-refractivity contribution in [1.82, 2.24) is 23.9 Å². The van der Waals surface area contributed by atoms with E-state index >= 15 is 0 Å². The van der Waals surface area contributed by atoms with Gasteiger partial charge in [0, 0.05) is 18.4 Å². The molecular formula is C21H23N5O4. The summed E-state index contributed by atoms with van der Waals surface area (Å²) in [5.41, 5.74) is 0.911. The second-order valence-corrected chi connectivity index (χ2v) is 7.44. The maximum Gasteiger partial charge on any atom is 0.355 e. The Labute approximate surface area is 172 Å². The SMILES string of the molecule is CCOC(=O)C1CC(n2c(=O)nc(-n3cccn3)n(Cc3ccc(C)cc3)c2=O)C1. The number of carbonyl (C=O) groups excluding carboxylic acids is 1. The molecule has 0 spiro atoms. The van der Waals surface area contributed by atoms with Crippen LogP contribution in [0.1, 0.15) is 36.9 Å². The van der Waals surface area contributed by atoms with Gasteiger partial charge in [-0.3, -0.25) is 9.36 Å². The fraction of sp³-hybridized carbons (Fsp3) is 0.381. The van der Waals surface area contributed by atoms with Crippen molar-refractivity contribution in [3.63, 3.8) is 0 Å². The average molecular weight is 409 g/mol. The number of ether oxygens (including phenoxy) is 1. The Kier molecular flexibility index (Phi) is 5.35. The molecule has 1 aliphatic rings. The average Bonchev–Trinajstić information content (AvgIpc) is 3.21. The minimum atomic E-state index is -0.641. The number of nitrogens with zero attached hydrogens (tertiary/aromatic N) is 5. The maximum absolute atomic E-state index is 13.3. The van der Waals surface area contributed by atoms with Crippen LogP contribution in [0.3, 0.4) is 0 Å². The molecule has 0 saturated heterocycles. The molecule has 2 aromatic heterocycles. The van der Waals surface area contributed by atoms with Crippen LogP contribution < -0.4 is 11.4 Å². The molecule has 1 fully saturated rings. The van der Waals surface area contributed by atoms with Crippen LogP contribution in [0, 0.1) is 12.8 Å². The Morgan fingerprint density at radius 2 is 1.93 bits per heavy atom. The Morgan fingerprint density at radius 3 is 2.57 bits per heavy atom. The van der Waals surface area contributed by atoms with Gasteiger partial charge in [0.15, 0.2) is 0 Å². The van der Waals surface area contributed by atoms with Crippen molar-refractivity contribution in [2.24, 2.45) is 5.92 Å². The fourth-order valence-electron chi connectivity index (χ4n) is 3.64. The third kappa shape index (κ3) is 3.70. The van der Waals surface area contributed by atoms with Crippen molar-refractivity contribution in [2.75, 3.05) is 6.61 Å². The van der Waals surface area contributed by atoms with Crippen molar-refractivity contribution >= 4 is 5.97 Å². The summed E-state index contributed by atoms with van der Waals surface area (Å²) in [6.07, 6.45) is 3.98. The van der Waals surface area contributed by atoms with E-state index in [-0.39, 0.29) is 30.4 Å². The van der Waals surface area contributed by atoms with Crippen LogP contribution >= 0.6 is 0 Å². The molecule has 1 saturated carbocycles. The highest BCUT2D eigenvalue weighted by Gasteiger charge is 2.38. The summed E-state index contributed by atoms with van der Waals surface area (Å²) < 4.78 is 9.03. The van der Waals surface area contributed by atoms with Gasteiger partial charge in [-0.25, -0.2) is 18.8 Å². The van der Waals surface area contributed by atoms with Crippen molar-refractivity contribution in [3.8, 4) is 5.95 Å². The van der Waals surface area contributed by atoms with E-state index < -0.39 is 11.4 Å². The van der Waals surface area contributed by atoms with Crippen LogP contribution in [0.5, 0.6) is 0 Å². The number of benzene rings is 1. The zero-order chi connectivity index (χ0) is 21.3. The van der Waals surface area contributed by atoms with Crippen LogP contribution in [-0.2, 0) is 16.1 Å². The number of rotatable bonds is 6. The summed E-state index contributed by atoms with van der Waals surface area (Å²) in [6, 6.07) is 9.13. The van der Waals surface area contributed by atoms with Gasteiger partial charge >= 0.3 is 17.3 Å². The molecule has 0 unspecified atom stereocenters. The summed E-state index contributed by atoms with van der Waals surface area (Å²) in [7, 11) is 0. The van der Waals surface area contributed by atoms with E-state index in [9.17, 15) is 14.4 Å². The summed E-state index contributed by atoms with van der Waals surface area (Å²) in [4.78, 5) is 42.1. The number of aromatic nitrogens is 5. The van der Waals surface area contributed by atoms with E-state index in [0.717, 1.165) is 15.7 Å². The number of aryl methyl sites for hydroxylation is 1. The predicted molar refractivity (Wildman–Crippen MR) is 109 cm³/mol. The van der Waals surface area contributed by atoms with Crippen molar-refractivity contribution in [2.45, 2.75) is 39.3 Å². The minimum Gasteiger partial charge on any atom is -0.466 e. The second kappa shape index (κ2) is 8.10. The van der Waals surface area contributed by atoms with E-state index in [1.165, 1.54) is 9.25 Å². The highest BCUT2D eigenvalue weighted by Crippen LogP contribution is 2.36. The highest BCUT2D eigenvalue weighted by atomic mass is 16.5. The lowest BCUT2D eigenvalue weighted by Crippen LogP contribution is -2.49. The molecule has 0 bridgehead atoms.